The summed E-state index contributed by atoms with van der Waals surface area (Å²) in [6, 6.07) is 2.13. The van der Waals surface area contributed by atoms with E-state index in [-0.39, 0.29) is 0 Å². The fourth-order valence-electron chi connectivity index (χ4n) is 1.09. The van der Waals surface area contributed by atoms with E-state index in [1.165, 1.54) is 5.56 Å². The Morgan fingerprint density at radius 2 is 2.00 bits per heavy atom. The van der Waals surface area contributed by atoms with Crippen LogP contribution in [0.2, 0.25) is 0 Å². The standard InChI is InChI=1S/C10H15BrN2/c1-7(2)8-5-9(11)10(12-6-8)13(3)4/h5-7H,1-4H3. The average molecular weight is 243 g/mol. The molecule has 0 saturated heterocycles. The van der Waals surface area contributed by atoms with Gasteiger partial charge in [-0.25, -0.2) is 4.98 Å². The maximum Gasteiger partial charge on any atom is 0.142 e. The molecule has 72 valence electrons. The maximum absolute atomic E-state index is 4.38. The largest absolute Gasteiger partial charge is 0.362 e. The molecule has 2 nitrogen and oxygen atoms in total. The third-order valence-electron chi connectivity index (χ3n) is 1.93. The lowest BCUT2D eigenvalue weighted by Gasteiger charge is -2.14. The van der Waals surface area contributed by atoms with Crippen LogP contribution in [0.25, 0.3) is 0 Å². The molecular formula is C10H15BrN2. The zero-order valence-corrected chi connectivity index (χ0v) is 10.1. The fourth-order valence-corrected chi connectivity index (χ4v) is 1.81. The molecule has 1 aromatic heterocycles. The molecule has 0 N–H and O–H groups in total. The van der Waals surface area contributed by atoms with Crippen molar-refractivity contribution in [2.75, 3.05) is 19.0 Å². The first kappa shape index (κ1) is 10.5. The highest BCUT2D eigenvalue weighted by molar-refractivity contribution is 9.10. The van der Waals surface area contributed by atoms with E-state index in [0.717, 1.165) is 10.3 Å². The van der Waals surface area contributed by atoms with Gasteiger partial charge < -0.3 is 4.90 Å². The normalized spacial score (nSPS) is 10.6. The summed E-state index contributed by atoms with van der Waals surface area (Å²) in [7, 11) is 3.98. The Hall–Kier alpha value is -0.570. The number of halogens is 1. The van der Waals surface area contributed by atoms with Gasteiger partial charge in [-0.05, 0) is 33.5 Å². The Bertz CT molecular complexity index is 295. The molecule has 0 unspecified atom stereocenters. The van der Waals surface area contributed by atoms with Gasteiger partial charge in [0, 0.05) is 20.3 Å². The Morgan fingerprint density at radius 1 is 1.38 bits per heavy atom. The minimum atomic E-state index is 0.528. The second kappa shape index (κ2) is 4.09. The zero-order valence-electron chi connectivity index (χ0n) is 8.50. The molecule has 1 aromatic rings. The lowest BCUT2D eigenvalue weighted by atomic mass is 10.1. The van der Waals surface area contributed by atoms with E-state index in [4.69, 9.17) is 0 Å². The van der Waals surface area contributed by atoms with Crippen LogP contribution in [0.1, 0.15) is 25.3 Å². The van der Waals surface area contributed by atoms with Crippen LogP contribution in [0.4, 0.5) is 5.82 Å². The fraction of sp³-hybridized carbons (Fsp3) is 0.500. The predicted octanol–water partition coefficient (Wildman–Crippen LogP) is 3.03. The summed E-state index contributed by atoms with van der Waals surface area (Å²) in [6.07, 6.45) is 1.94. The first-order valence-corrected chi connectivity index (χ1v) is 5.14. The van der Waals surface area contributed by atoms with E-state index >= 15 is 0 Å². The molecule has 0 amide bonds. The van der Waals surface area contributed by atoms with Gasteiger partial charge in [0.1, 0.15) is 5.82 Å². The minimum absolute atomic E-state index is 0.528. The van der Waals surface area contributed by atoms with Crippen LogP contribution in [0, 0.1) is 0 Å². The molecule has 0 aromatic carbocycles. The topological polar surface area (TPSA) is 16.1 Å². The summed E-state index contributed by atoms with van der Waals surface area (Å²) < 4.78 is 1.06. The summed E-state index contributed by atoms with van der Waals surface area (Å²) >= 11 is 3.51. The van der Waals surface area contributed by atoms with E-state index < -0.39 is 0 Å². The summed E-state index contributed by atoms with van der Waals surface area (Å²) in [5.74, 6) is 1.50. The van der Waals surface area contributed by atoms with Crippen LogP contribution >= 0.6 is 15.9 Å². The van der Waals surface area contributed by atoms with Gasteiger partial charge in [0.2, 0.25) is 0 Å². The number of hydrogen-bond acceptors (Lipinski definition) is 2. The monoisotopic (exact) mass is 242 g/mol. The number of rotatable bonds is 2. The molecule has 0 aliphatic carbocycles. The molecule has 0 spiro atoms. The first-order valence-electron chi connectivity index (χ1n) is 4.35. The first-order chi connectivity index (χ1) is 6.02. The Morgan fingerprint density at radius 3 is 2.38 bits per heavy atom. The molecule has 0 aliphatic heterocycles. The van der Waals surface area contributed by atoms with E-state index in [2.05, 4.69) is 40.8 Å². The van der Waals surface area contributed by atoms with Crippen LogP contribution in [-0.4, -0.2) is 19.1 Å². The Labute approximate surface area is 88.1 Å². The SMILES string of the molecule is CC(C)c1cnc(N(C)C)c(Br)c1. The van der Waals surface area contributed by atoms with Crippen molar-refractivity contribution >= 4 is 21.7 Å². The van der Waals surface area contributed by atoms with Crippen molar-refractivity contribution in [1.29, 1.82) is 0 Å². The molecule has 1 rings (SSSR count). The predicted molar refractivity (Wildman–Crippen MR) is 60.4 cm³/mol. The van der Waals surface area contributed by atoms with Crippen molar-refractivity contribution in [2.24, 2.45) is 0 Å². The lowest BCUT2D eigenvalue weighted by Crippen LogP contribution is -2.11. The highest BCUT2D eigenvalue weighted by atomic mass is 79.9. The van der Waals surface area contributed by atoms with Crippen LogP contribution in [0.15, 0.2) is 16.7 Å². The molecule has 13 heavy (non-hydrogen) atoms. The number of hydrogen-bond donors (Lipinski definition) is 0. The van der Waals surface area contributed by atoms with Gasteiger partial charge in [-0.1, -0.05) is 13.8 Å². The quantitative estimate of drug-likeness (QED) is 0.793. The van der Waals surface area contributed by atoms with E-state index in [1.807, 2.05) is 25.2 Å². The summed E-state index contributed by atoms with van der Waals surface area (Å²) in [5.41, 5.74) is 1.26. The molecule has 0 saturated carbocycles. The molecule has 3 heteroatoms. The third-order valence-corrected chi connectivity index (χ3v) is 2.52. The van der Waals surface area contributed by atoms with Gasteiger partial charge >= 0.3 is 0 Å². The van der Waals surface area contributed by atoms with Gasteiger partial charge in [0.05, 0.1) is 4.47 Å². The summed E-state index contributed by atoms with van der Waals surface area (Å²) in [4.78, 5) is 6.37. The van der Waals surface area contributed by atoms with Gasteiger partial charge in [-0.3, -0.25) is 0 Å². The smallest absolute Gasteiger partial charge is 0.142 e. The summed E-state index contributed by atoms with van der Waals surface area (Å²) in [6.45, 7) is 4.33. The van der Waals surface area contributed by atoms with E-state index in [1.54, 1.807) is 0 Å². The Balaban J connectivity index is 3.06. The third kappa shape index (κ3) is 2.44. The second-order valence-corrected chi connectivity index (χ2v) is 4.48. The molecule has 0 aliphatic rings. The molecule has 0 bridgehead atoms. The van der Waals surface area contributed by atoms with Crippen LogP contribution in [0.3, 0.4) is 0 Å². The minimum Gasteiger partial charge on any atom is -0.362 e. The second-order valence-electron chi connectivity index (χ2n) is 3.62. The van der Waals surface area contributed by atoms with Crippen LogP contribution in [0.5, 0.6) is 0 Å². The van der Waals surface area contributed by atoms with E-state index in [0.29, 0.717) is 5.92 Å². The van der Waals surface area contributed by atoms with Crippen molar-refractivity contribution in [3.05, 3.63) is 22.3 Å². The molecule has 0 radical (unpaired) electrons. The molecule has 0 fully saturated rings. The zero-order chi connectivity index (χ0) is 10.0. The van der Waals surface area contributed by atoms with Gasteiger partial charge in [-0.2, -0.15) is 0 Å². The maximum atomic E-state index is 4.38. The lowest BCUT2D eigenvalue weighted by molar-refractivity contribution is 0.854. The number of pyridine rings is 1. The van der Waals surface area contributed by atoms with Gasteiger partial charge in [-0.15, -0.1) is 0 Å². The van der Waals surface area contributed by atoms with Crippen LogP contribution < -0.4 is 4.90 Å². The van der Waals surface area contributed by atoms with Crippen molar-refractivity contribution in [3.8, 4) is 0 Å². The van der Waals surface area contributed by atoms with Gasteiger partial charge in [0.15, 0.2) is 0 Å². The number of nitrogens with zero attached hydrogens (tertiary/aromatic N) is 2. The molecule has 1 heterocycles. The van der Waals surface area contributed by atoms with E-state index in [9.17, 15) is 0 Å². The number of aromatic nitrogens is 1. The van der Waals surface area contributed by atoms with Crippen molar-refractivity contribution < 1.29 is 0 Å². The number of anilines is 1. The highest BCUT2D eigenvalue weighted by Crippen LogP contribution is 2.25. The van der Waals surface area contributed by atoms with Gasteiger partial charge in [0.25, 0.3) is 0 Å². The average Bonchev–Trinajstić information content (AvgIpc) is 2.03. The highest BCUT2D eigenvalue weighted by Gasteiger charge is 2.06. The van der Waals surface area contributed by atoms with Crippen molar-refractivity contribution in [1.82, 2.24) is 4.98 Å². The van der Waals surface area contributed by atoms with Crippen molar-refractivity contribution in [3.63, 3.8) is 0 Å². The van der Waals surface area contributed by atoms with Crippen molar-refractivity contribution in [2.45, 2.75) is 19.8 Å². The molecule has 0 atom stereocenters. The summed E-state index contributed by atoms with van der Waals surface area (Å²) in [5, 5.41) is 0. The van der Waals surface area contributed by atoms with Crippen LogP contribution in [-0.2, 0) is 0 Å². The Kier molecular flexibility index (Phi) is 3.31. The molecular weight excluding hydrogens is 228 g/mol.